The molecule has 2 amide bonds. The van der Waals surface area contributed by atoms with Crippen LogP contribution in [0.2, 0.25) is 0 Å². The molecular formula is C33H29F4N5O7. The third kappa shape index (κ3) is 4.75. The maximum absolute atomic E-state index is 16.3. The lowest BCUT2D eigenvalue weighted by molar-refractivity contribution is -0.286. The fourth-order valence-electron chi connectivity index (χ4n) is 6.33. The van der Waals surface area contributed by atoms with Crippen molar-refractivity contribution in [3.8, 4) is 34.3 Å². The van der Waals surface area contributed by atoms with E-state index < -0.39 is 47.1 Å². The van der Waals surface area contributed by atoms with Crippen molar-refractivity contribution in [3.63, 3.8) is 0 Å². The molecule has 2 saturated carbocycles. The molecule has 2 aromatic carbocycles. The van der Waals surface area contributed by atoms with Gasteiger partial charge in [0.2, 0.25) is 11.7 Å². The third-order valence-corrected chi connectivity index (χ3v) is 9.78. The number of carbonyl (C=O) groups is 2. The van der Waals surface area contributed by atoms with E-state index in [-0.39, 0.29) is 70.5 Å². The molecule has 8 rings (SSSR count). The van der Waals surface area contributed by atoms with Gasteiger partial charge in [0, 0.05) is 41.1 Å². The minimum absolute atomic E-state index is 0.0124. The Balaban J connectivity index is 1.18. The van der Waals surface area contributed by atoms with E-state index in [1.807, 2.05) is 0 Å². The number of aliphatic hydroxyl groups is 1. The first kappa shape index (κ1) is 31.2. The third-order valence-electron chi connectivity index (χ3n) is 9.78. The number of primary amides is 1. The van der Waals surface area contributed by atoms with Gasteiger partial charge in [-0.1, -0.05) is 0 Å². The molecule has 4 N–H and O–H groups in total. The number of halogens is 4. The van der Waals surface area contributed by atoms with Crippen molar-refractivity contribution in [2.24, 2.45) is 5.73 Å². The highest BCUT2D eigenvalue weighted by Gasteiger charge is 2.62. The zero-order valence-corrected chi connectivity index (χ0v) is 26.1. The van der Waals surface area contributed by atoms with Crippen LogP contribution < -0.4 is 30.0 Å². The van der Waals surface area contributed by atoms with E-state index in [0.29, 0.717) is 23.7 Å². The number of nitrogens with zero attached hydrogens (tertiary/aromatic N) is 3. The topological polar surface area (TPSA) is 160 Å². The van der Waals surface area contributed by atoms with Crippen LogP contribution in [-0.2, 0) is 21.6 Å². The highest BCUT2D eigenvalue weighted by Crippen LogP contribution is 2.55. The zero-order chi connectivity index (χ0) is 34.7. The summed E-state index contributed by atoms with van der Waals surface area (Å²) >= 11 is 0. The number of ether oxygens (including phenoxy) is 4. The van der Waals surface area contributed by atoms with E-state index in [4.69, 9.17) is 15.2 Å². The molecule has 2 atom stereocenters. The van der Waals surface area contributed by atoms with Gasteiger partial charge >= 0.3 is 6.29 Å². The number of rotatable bonds is 9. The molecule has 1 unspecified atom stereocenters. The highest BCUT2D eigenvalue weighted by atomic mass is 19.3. The summed E-state index contributed by atoms with van der Waals surface area (Å²) in [6, 6.07) is 8.03. The fourth-order valence-corrected chi connectivity index (χ4v) is 6.33. The van der Waals surface area contributed by atoms with Crippen LogP contribution in [0.3, 0.4) is 0 Å². The Morgan fingerprint density at radius 2 is 1.82 bits per heavy atom. The number of amides is 2. The van der Waals surface area contributed by atoms with Crippen LogP contribution in [0.15, 0.2) is 42.6 Å². The lowest BCUT2D eigenvalue weighted by Crippen LogP contribution is -2.49. The molecule has 49 heavy (non-hydrogen) atoms. The van der Waals surface area contributed by atoms with Crippen LogP contribution in [-0.4, -0.2) is 63.9 Å². The van der Waals surface area contributed by atoms with Crippen LogP contribution in [0.5, 0.6) is 23.0 Å². The van der Waals surface area contributed by atoms with Gasteiger partial charge in [0.15, 0.2) is 17.1 Å². The number of pyridine rings is 1. The maximum Gasteiger partial charge on any atom is 0.586 e. The lowest BCUT2D eigenvalue weighted by atomic mass is 9.80. The van der Waals surface area contributed by atoms with Crippen LogP contribution >= 0.6 is 0 Å². The summed E-state index contributed by atoms with van der Waals surface area (Å²) in [5, 5.41) is 19.5. The standard InChI is InChI=1S/C33H29F4N5O7/c1-29(28(38)44)15-47-26-19(29)12-23(40-25(26)16-3-4-20-21(10-16)49-33(36,37)48-20)32(45,30(34)5-6-30)14-39-27(43)17-9-18-13-42(31(35)7-8-31)41-24(18)22(11-17)46-2/h3-4,9-13,45H,5-8,14-15H2,1-2H3,(H2,38,44)(H,39,43)/t29-,32?/m0/s1. The van der Waals surface area contributed by atoms with E-state index in [0.717, 1.165) is 0 Å². The van der Waals surface area contributed by atoms with Crippen molar-refractivity contribution in [3.05, 3.63) is 59.4 Å². The van der Waals surface area contributed by atoms with Crippen molar-refractivity contribution in [2.75, 3.05) is 20.3 Å². The second-order valence-corrected chi connectivity index (χ2v) is 13.2. The summed E-state index contributed by atoms with van der Waals surface area (Å²) in [5.41, 5.74) is 0.166. The molecule has 4 aromatic rings. The monoisotopic (exact) mass is 683 g/mol. The van der Waals surface area contributed by atoms with Crippen LogP contribution in [0.1, 0.15) is 54.2 Å². The number of fused-ring (bicyclic) bond motifs is 3. The van der Waals surface area contributed by atoms with Crippen molar-refractivity contribution in [1.29, 1.82) is 0 Å². The first-order valence-electron chi connectivity index (χ1n) is 15.4. The summed E-state index contributed by atoms with van der Waals surface area (Å²) < 4.78 is 80.2. The second-order valence-electron chi connectivity index (χ2n) is 13.2. The Kier molecular flexibility index (Phi) is 6.34. The highest BCUT2D eigenvalue weighted by molar-refractivity contribution is 6.00. The summed E-state index contributed by atoms with van der Waals surface area (Å²) in [6.45, 7) is 0.638. The Labute approximate surface area is 275 Å². The summed E-state index contributed by atoms with van der Waals surface area (Å²) in [4.78, 5) is 30.8. The molecule has 256 valence electrons. The summed E-state index contributed by atoms with van der Waals surface area (Å²) in [5.74, 6) is -3.32. The predicted octanol–water partition coefficient (Wildman–Crippen LogP) is 4.10. The predicted molar refractivity (Wildman–Crippen MR) is 162 cm³/mol. The number of carbonyl (C=O) groups excluding carboxylic acids is 2. The molecule has 0 spiro atoms. The number of hydrogen-bond donors (Lipinski definition) is 3. The van der Waals surface area contributed by atoms with Crippen LogP contribution in [0.25, 0.3) is 22.2 Å². The Morgan fingerprint density at radius 3 is 2.49 bits per heavy atom. The molecule has 0 saturated heterocycles. The molecule has 16 heteroatoms. The minimum atomic E-state index is -3.90. The van der Waals surface area contributed by atoms with Gasteiger partial charge in [0.1, 0.15) is 40.4 Å². The molecule has 12 nitrogen and oxygen atoms in total. The van der Waals surface area contributed by atoms with Gasteiger partial charge in [-0.15, -0.1) is 8.78 Å². The van der Waals surface area contributed by atoms with Gasteiger partial charge in [0.05, 0.1) is 19.3 Å². The fraction of sp³-hybridized carbons (Fsp3) is 0.394. The largest absolute Gasteiger partial charge is 0.586 e. The van der Waals surface area contributed by atoms with Gasteiger partial charge < -0.3 is 35.1 Å². The SMILES string of the molecule is COc1cc(C(=O)NCC(O)(c2cc3c(c(-c4ccc5c(c4)OC(F)(F)O5)n2)OC[C@]3(C)C(N)=O)C2(F)CC2)cc2cn(C3(F)CC3)nc12. The number of aromatic nitrogens is 3. The second kappa shape index (κ2) is 9.96. The summed E-state index contributed by atoms with van der Waals surface area (Å²) in [7, 11) is 1.38. The molecule has 0 bridgehead atoms. The van der Waals surface area contributed by atoms with Gasteiger partial charge in [-0.2, -0.15) is 5.10 Å². The smallest absolute Gasteiger partial charge is 0.494 e. The number of benzene rings is 2. The van der Waals surface area contributed by atoms with E-state index in [9.17, 15) is 27.9 Å². The number of methoxy groups -OCH3 is 1. The number of nitrogens with two attached hydrogens (primary N) is 1. The molecule has 2 fully saturated rings. The molecule has 2 aliphatic carbocycles. The van der Waals surface area contributed by atoms with Crippen molar-refractivity contribution < 1.29 is 51.2 Å². The van der Waals surface area contributed by atoms with Crippen LogP contribution in [0.4, 0.5) is 17.6 Å². The van der Waals surface area contributed by atoms with E-state index in [2.05, 4.69) is 24.9 Å². The molecule has 4 heterocycles. The molecule has 4 aliphatic rings. The van der Waals surface area contributed by atoms with Crippen molar-refractivity contribution >= 4 is 22.7 Å². The van der Waals surface area contributed by atoms with E-state index in [1.165, 1.54) is 61.3 Å². The van der Waals surface area contributed by atoms with Gasteiger partial charge in [-0.25, -0.2) is 18.4 Å². The molecule has 2 aromatic heterocycles. The van der Waals surface area contributed by atoms with Crippen molar-refractivity contribution in [2.45, 2.75) is 61.4 Å². The average Bonchev–Trinajstić information content (AvgIpc) is 3.86. The first-order chi connectivity index (χ1) is 23.1. The Bertz CT molecular complexity index is 2100. The van der Waals surface area contributed by atoms with Gasteiger partial charge in [-0.05, 0) is 56.2 Å². The van der Waals surface area contributed by atoms with Crippen molar-refractivity contribution in [1.82, 2.24) is 20.1 Å². The van der Waals surface area contributed by atoms with E-state index >= 15 is 4.39 Å². The summed E-state index contributed by atoms with van der Waals surface area (Å²) in [6.07, 6.45) is -1.93. The quantitative estimate of drug-likeness (QED) is 0.221. The number of alkyl halides is 4. The molecule has 0 radical (unpaired) electrons. The average molecular weight is 684 g/mol. The van der Waals surface area contributed by atoms with Crippen LogP contribution in [0, 0.1) is 0 Å². The first-order valence-corrected chi connectivity index (χ1v) is 15.4. The molecule has 2 aliphatic heterocycles. The van der Waals surface area contributed by atoms with Gasteiger partial charge in [0.25, 0.3) is 5.91 Å². The zero-order valence-electron chi connectivity index (χ0n) is 26.1. The molecular weight excluding hydrogens is 654 g/mol. The lowest BCUT2D eigenvalue weighted by Gasteiger charge is -2.33. The van der Waals surface area contributed by atoms with E-state index in [1.54, 1.807) is 0 Å². The maximum atomic E-state index is 16.3. The Hall–Kier alpha value is -5.12. The number of nitrogens with one attached hydrogen (secondary N) is 1. The van der Waals surface area contributed by atoms with Gasteiger partial charge in [-0.3, -0.25) is 9.59 Å². The minimum Gasteiger partial charge on any atom is -0.494 e. The number of hydrogen-bond acceptors (Lipinski definition) is 9. The normalized spacial score (nSPS) is 22.9. The Morgan fingerprint density at radius 1 is 1.08 bits per heavy atom.